The van der Waals surface area contributed by atoms with Crippen molar-refractivity contribution in [2.45, 2.75) is 13.8 Å². The molecular formula is C14H11NO3S. The van der Waals surface area contributed by atoms with E-state index in [-0.39, 0.29) is 5.69 Å². The van der Waals surface area contributed by atoms with Crippen molar-refractivity contribution in [1.82, 2.24) is 4.98 Å². The van der Waals surface area contributed by atoms with E-state index >= 15 is 0 Å². The van der Waals surface area contributed by atoms with Gasteiger partial charge in [-0.15, -0.1) is 11.3 Å². The Labute approximate surface area is 113 Å². The molecule has 2 heterocycles. The second kappa shape index (κ2) is 4.20. The van der Waals surface area contributed by atoms with Crippen molar-refractivity contribution in [3.63, 3.8) is 0 Å². The number of rotatable bonds is 2. The summed E-state index contributed by atoms with van der Waals surface area (Å²) in [6.07, 6.45) is 0. The largest absolute Gasteiger partial charge is 0.476 e. The van der Waals surface area contributed by atoms with Crippen molar-refractivity contribution in [2.24, 2.45) is 0 Å². The lowest BCUT2D eigenvalue weighted by molar-refractivity contribution is 0.0690. The van der Waals surface area contributed by atoms with Gasteiger partial charge in [0.05, 0.1) is 5.56 Å². The fourth-order valence-corrected chi connectivity index (χ4v) is 3.15. The number of furan rings is 1. The number of hydrogen-bond acceptors (Lipinski definition) is 4. The van der Waals surface area contributed by atoms with E-state index in [2.05, 4.69) is 4.98 Å². The number of carbonyl (C=O) groups is 1. The minimum absolute atomic E-state index is 0.115. The molecule has 0 bridgehead atoms. The zero-order valence-corrected chi connectivity index (χ0v) is 11.2. The van der Waals surface area contributed by atoms with E-state index in [0.29, 0.717) is 9.88 Å². The van der Waals surface area contributed by atoms with Crippen LogP contribution in [-0.2, 0) is 0 Å². The SMILES string of the molecule is Cc1oc2ccccc2c1-c1nc(C(=O)O)c(C)s1. The summed E-state index contributed by atoms with van der Waals surface area (Å²) in [5.41, 5.74) is 1.79. The highest BCUT2D eigenvalue weighted by Crippen LogP contribution is 2.37. The van der Waals surface area contributed by atoms with Crippen molar-refractivity contribution in [2.75, 3.05) is 0 Å². The topological polar surface area (TPSA) is 63.3 Å². The van der Waals surface area contributed by atoms with Gasteiger partial charge in [-0.05, 0) is 19.9 Å². The highest BCUT2D eigenvalue weighted by Gasteiger charge is 2.20. The fourth-order valence-electron chi connectivity index (χ4n) is 2.14. The van der Waals surface area contributed by atoms with E-state index in [4.69, 9.17) is 9.52 Å². The maximum Gasteiger partial charge on any atom is 0.355 e. The first-order chi connectivity index (χ1) is 9.08. The lowest BCUT2D eigenvalue weighted by atomic mass is 10.1. The molecular weight excluding hydrogens is 262 g/mol. The minimum atomic E-state index is -0.995. The molecule has 0 unspecified atom stereocenters. The van der Waals surface area contributed by atoms with E-state index < -0.39 is 5.97 Å². The molecule has 5 heteroatoms. The predicted molar refractivity (Wildman–Crippen MR) is 73.8 cm³/mol. The molecule has 0 aliphatic heterocycles. The van der Waals surface area contributed by atoms with E-state index in [1.807, 2.05) is 31.2 Å². The monoisotopic (exact) mass is 273 g/mol. The summed E-state index contributed by atoms with van der Waals surface area (Å²) >= 11 is 1.38. The molecule has 0 aliphatic carbocycles. The van der Waals surface area contributed by atoms with Gasteiger partial charge in [-0.2, -0.15) is 0 Å². The first-order valence-corrected chi connectivity index (χ1v) is 6.59. The second-order valence-corrected chi connectivity index (χ2v) is 5.46. The minimum Gasteiger partial charge on any atom is -0.476 e. The second-order valence-electron chi connectivity index (χ2n) is 4.26. The van der Waals surface area contributed by atoms with Crippen LogP contribution in [-0.4, -0.2) is 16.1 Å². The summed E-state index contributed by atoms with van der Waals surface area (Å²) in [5, 5.41) is 10.7. The molecule has 19 heavy (non-hydrogen) atoms. The van der Waals surface area contributed by atoms with E-state index in [1.54, 1.807) is 6.92 Å². The Bertz CT molecular complexity index is 785. The van der Waals surface area contributed by atoms with Gasteiger partial charge in [0.15, 0.2) is 5.69 Å². The van der Waals surface area contributed by atoms with Crippen LogP contribution < -0.4 is 0 Å². The van der Waals surface area contributed by atoms with Gasteiger partial charge >= 0.3 is 5.97 Å². The Morgan fingerprint density at radius 1 is 1.32 bits per heavy atom. The summed E-state index contributed by atoms with van der Waals surface area (Å²) in [6.45, 7) is 3.63. The van der Waals surface area contributed by atoms with Crippen molar-refractivity contribution in [3.05, 3.63) is 40.6 Å². The molecule has 0 saturated carbocycles. The quantitative estimate of drug-likeness (QED) is 0.769. The number of thiazole rings is 1. The Morgan fingerprint density at radius 2 is 2.05 bits per heavy atom. The van der Waals surface area contributed by atoms with Gasteiger partial charge in [0, 0.05) is 10.3 Å². The lowest BCUT2D eigenvalue weighted by Gasteiger charge is -1.93. The smallest absolute Gasteiger partial charge is 0.355 e. The van der Waals surface area contributed by atoms with E-state index in [1.165, 1.54) is 11.3 Å². The number of benzene rings is 1. The molecule has 4 nitrogen and oxygen atoms in total. The highest BCUT2D eigenvalue weighted by atomic mass is 32.1. The summed E-state index contributed by atoms with van der Waals surface area (Å²) in [7, 11) is 0. The van der Waals surface area contributed by atoms with Gasteiger partial charge in [0.2, 0.25) is 0 Å². The molecule has 0 saturated heterocycles. The molecule has 96 valence electrons. The Kier molecular flexibility index (Phi) is 2.64. The average Bonchev–Trinajstić information content (AvgIpc) is 2.88. The Balaban J connectivity index is 2.27. The van der Waals surface area contributed by atoms with Crippen molar-refractivity contribution < 1.29 is 14.3 Å². The normalized spacial score (nSPS) is 11.1. The average molecular weight is 273 g/mol. The van der Waals surface area contributed by atoms with Crippen molar-refractivity contribution in [1.29, 1.82) is 0 Å². The zero-order chi connectivity index (χ0) is 13.6. The number of carboxylic acid groups (broad SMARTS) is 1. The number of aromatic nitrogens is 1. The van der Waals surface area contributed by atoms with Crippen LogP contribution in [0.15, 0.2) is 28.7 Å². The predicted octanol–water partition coefficient (Wildman–Crippen LogP) is 3.87. The van der Waals surface area contributed by atoms with Gasteiger partial charge in [0.1, 0.15) is 16.4 Å². The molecule has 3 aromatic rings. The van der Waals surface area contributed by atoms with Gasteiger partial charge in [0.25, 0.3) is 0 Å². The van der Waals surface area contributed by atoms with Crippen LogP contribution in [0, 0.1) is 13.8 Å². The first kappa shape index (κ1) is 11.9. The molecule has 0 aliphatic rings. The van der Waals surface area contributed by atoms with Crippen LogP contribution in [0.1, 0.15) is 21.1 Å². The summed E-state index contributed by atoms with van der Waals surface area (Å²) in [5.74, 6) is -0.239. The molecule has 1 aromatic carbocycles. The van der Waals surface area contributed by atoms with Crippen molar-refractivity contribution >= 4 is 28.3 Å². The summed E-state index contributed by atoms with van der Waals surface area (Å²) in [6, 6.07) is 7.69. The van der Waals surface area contributed by atoms with Crippen molar-refractivity contribution in [3.8, 4) is 10.6 Å². The molecule has 2 aromatic heterocycles. The van der Waals surface area contributed by atoms with Gasteiger partial charge < -0.3 is 9.52 Å². The number of para-hydroxylation sites is 1. The van der Waals surface area contributed by atoms with E-state index in [0.717, 1.165) is 22.3 Å². The van der Waals surface area contributed by atoms with Crippen LogP contribution in [0.25, 0.3) is 21.5 Å². The molecule has 0 spiro atoms. The number of aromatic carboxylic acids is 1. The van der Waals surface area contributed by atoms with E-state index in [9.17, 15) is 4.79 Å². The molecule has 0 atom stereocenters. The summed E-state index contributed by atoms with van der Waals surface area (Å²) in [4.78, 5) is 16.0. The number of nitrogens with zero attached hydrogens (tertiary/aromatic N) is 1. The third-order valence-electron chi connectivity index (χ3n) is 2.98. The van der Waals surface area contributed by atoms with Crippen LogP contribution in [0.3, 0.4) is 0 Å². The number of fused-ring (bicyclic) bond motifs is 1. The van der Waals surface area contributed by atoms with Crippen LogP contribution >= 0.6 is 11.3 Å². The summed E-state index contributed by atoms with van der Waals surface area (Å²) < 4.78 is 5.68. The third kappa shape index (κ3) is 1.82. The van der Waals surface area contributed by atoms with Gasteiger partial charge in [-0.3, -0.25) is 0 Å². The molecule has 1 N–H and O–H groups in total. The zero-order valence-electron chi connectivity index (χ0n) is 10.4. The lowest BCUT2D eigenvalue weighted by Crippen LogP contribution is -1.98. The first-order valence-electron chi connectivity index (χ1n) is 5.77. The number of aryl methyl sites for hydroxylation is 2. The maximum atomic E-state index is 11.1. The number of carboxylic acids is 1. The Hall–Kier alpha value is -2.14. The molecule has 0 fully saturated rings. The van der Waals surface area contributed by atoms with Crippen LogP contribution in [0.5, 0.6) is 0 Å². The standard InChI is InChI=1S/C14H11NO3S/c1-7-11(9-5-3-4-6-10(9)18-7)13-15-12(14(16)17)8(2)19-13/h3-6H,1-2H3,(H,16,17). The highest BCUT2D eigenvalue weighted by molar-refractivity contribution is 7.15. The number of hydrogen-bond donors (Lipinski definition) is 1. The molecule has 0 radical (unpaired) electrons. The van der Waals surface area contributed by atoms with Crippen LogP contribution in [0.4, 0.5) is 0 Å². The molecule has 3 rings (SSSR count). The van der Waals surface area contributed by atoms with Gasteiger partial charge in [-0.25, -0.2) is 9.78 Å². The fraction of sp³-hybridized carbons (Fsp3) is 0.143. The Morgan fingerprint density at radius 3 is 2.74 bits per heavy atom. The van der Waals surface area contributed by atoms with Gasteiger partial charge in [-0.1, -0.05) is 18.2 Å². The maximum absolute atomic E-state index is 11.1. The van der Waals surface area contributed by atoms with Crippen LogP contribution in [0.2, 0.25) is 0 Å². The molecule has 0 amide bonds. The third-order valence-corrected chi connectivity index (χ3v) is 3.97.